The van der Waals surface area contributed by atoms with Crippen molar-refractivity contribution in [3.05, 3.63) is 11.6 Å². The first-order chi connectivity index (χ1) is 6.86. The average molecular weight is 214 g/mol. The van der Waals surface area contributed by atoms with Crippen LogP contribution >= 0.6 is 11.6 Å². The van der Waals surface area contributed by atoms with Gasteiger partial charge in [-0.1, -0.05) is 0 Å². The van der Waals surface area contributed by atoms with E-state index in [9.17, 15) is 0 Å². The Morgan fingerprint density at radius 1 is 1.43 bits per heavy atom. The normalized spacial score (nSPS) is 32.4. The van der Waals surface area contributed by atoms with Gasteiger partial charge in [-0.25, -0.2) is 0 Å². The first-order valence-corrected chi connectivity index (χ1v) is 5.40. The predicted molar refractivity (Wildman–Crippen MR) is 51.2 cm³/mol. The maximum Gasteiger partial charge on any atom is 0.225 e. The lowest BCUT2D eigenvalue weighted by atomic mass is 10.1. The van der Waals surface area contributed by atoms with Gasteiger partial charge in [0, 0.05) is 6.61 Å². The van der Waals surface area contributed by atoms with E-state index in [1.807, 2.05) is 4.57 Å². The molecule has 2 unspecified atom stereocenters. The summed E-state index contributed by atoms with van der Waals surface area (Å²) in [4.78, 5) is 0. The van der Waals surface area contributed by atoms with Crippen LogP contribution in [-0.4, -0.2) is 27.5 Å². The third-order valence-corrected chi connectivity index (χ3v) is 3.35. The first-order valence-electron chi connectivity index (χ1n) is 5.03. The van der Waals surface area contributed by atoms with E-state index in [2.05, 4.69) is 10.2 Å². The van der Waals surface area contributed by atoms with Crippen molar-refractivity contribution in [3.63, 3.8) is 0 Å². The molecule has 1 saturated heterocycles. The third kappa shape index (κ3) is 1.33. The molecule has 1 aromatic rings. The minimum Gasteiger partial charge on any atom is -0.376 e. The summed E-state index contributed by atoms with van der Waals surface area (Å²) in [6.07, 6.45) is 5.65. The number of nitrogens with zero attached hydrogens (tertiary/aromatic N) is 3. The molecule has 0 spiro atoms. The van der Waals surface area contributed by atoms with Gasteiger partial charge in [0.1, 0.15) is 6.33 Å². The maximum atomic E-state index is 5.94. The second kappa shape index (κ2) is 3.21. The van der Waals surface area contributed by atoms with Crippen molar-refractivity contribution in [3.8, 4) is 0 Å². The highest BCUT2D eigenvalue weighted by Crippen LogP contribution is 2.43. The second-order valence-electron chi connectivity index (χ2n) is 4.04. The number of ether oxygens (including phenoxy) is 1. The lowest BCUT2D eigenvalue weighted by molar-refractivity contribution is 0.0750. The molecule has 3 rings (SSSR count). The minimum atomic E-state index is 0.337. The van der Waals surface area contributed by atoms with Crippen LogP contribution in [-0.2, 0) is 4.74 Å². The fourth-order valence-electron chi connectivity index (χ4n) is 2.22. The van der Waals surface area contributed by atoms with E-state index < -0.39 is 0 Å². The van der Waals surface area contributed by atoms with Crippen molar-refractivity contribution >= 4 is 11.6 Å². The van der Waals surface area contributed by atoms with E-state index in [-0.39, 0.29) is 0 Å². The molecule has 0 radical (unpaired) electrons. The molecule has 0 aromatic carbocycles. The molecule has 1 aliphatic carbocycles. The summed E-state index contributed by atoms with van der Waals surface area (Å²) < 4.78 is 7.68. The Labute approximate surface area is 87.2 Å². The molecule has 5 heteroatoms. The fourth-order valence-corrected chi connectivity index (χ4v) is 2.44. The third-order valence-electron chi connectivity index (χ3n) is 3.08. The van der Waals surface area contributed by atoms with Crippen LogP contribution in [0.5, 0.6) is 0 Å². The van der Waals surface area contributed by atoms with Crippen LogP contribution < -0.4 is 0 Å². The zero-order valence-electron chi connectivity index (χ0n) is 7.77. The summed E-state index contributed by atoms with van der Waals surface area (Å²) in [6.45, 7) is 0.834. The number of rotatable bonds is 2. The molecule has 1 saturated carbocycles. The van der Waals surface area contributed by atoms with E-state index in [0.29, 0.717) is 17.4 Å². The lowest BCUT2D eigenvalue weighted by Gasteiger charge is -2.19. The Hall–Kier alpha value is -0.610. The summed E-state index contributed by atoms with van der Waals surface area (Å²) in [6, 6.07) is 0.352. The molecule has 0 amide bonds. The molecule has 0 bridgehead atoms. The molecule has 4 nitrogen and oxygen atoms in total. The maximum absolute atomic E-state index is 5.94. The fraction of sp³-hybridized carbons (Fsp3) is 0.778. The molecule has 2 fully saturated rings. The van der Waals surface area contributed by atoms with Crippen molar-refractivity contribution in [2.75, 3.05) is 6.61 Å². The molecular weight excluding hydrogens is 202 g/mol. The van der Waals surface area contributed by atoms with Crippen molar-refractivity contribution in [2.24, 2.45) is 5.92 Å². The van der Waals surface area contributed by atoms with Gasteiger partial charge in [0.25, 0.3) is 0 Å². The molecule has 76 valence electrons. The molecule has 2 atom stereocenters. The second-order valence-corrected chi connectivity index (χ2v) is 4.37. The smallest absolute Gasteiger partial charge is 0.225 e. The largest absolute Gasteiger partial charge is 0.376 e. The average Bonchev–Trinajstić information content (AvgIpc) is 2.75. The zero-order chi connectivity index (χ0) is 9.54. The molecule has 2 heterocycles. The van der Waals surface area contributed by atoms with Crippen LogP contribution in [0.15, 0.2) is 6.33 Å². The molecule has 1 aromatic heterocycles. The van der Waals surface area contributed by atoms with Crippen LogP contribution in [0.1, 0.15) is 25.3 Å². The summed E-state index contributed by atoms with van der Waals surface area (Å²) in [5.41, 5.74) is 0. The van der Waals surface area contributed by atoms with Gasteiger partial charge in [0.2, 0.25) is 5.28 Å². The highest BCUT2D eigenvalue weighted by atomic mass is 35.5. The van der Waals surface area contributed by atoms with E-state index in [1.54, 1.807) is 6.33 Å². The number of aromatic nitrogens is 3. The van der Waals surface area contributed by atoms with Gasteiger partial charge < -0.3 is 4.74 Å². The van der Waals surface area contributed by atoms with Crippen LogP contribution in [0.3, 0.4) is 0 Å². The quantitative estimate of drug-likeness (QED) is 0.751. The first kappa shape index (κ1) is 8.68. The van der Waals surface area contributed by atoms with Crippen molar-refractivity contribution < 1.29 is 4.74 Å². The predicted octanol–water partition coefficient (Wildman–Crippen LogP) is 1.67. The van der Waals surface area contributed by atoms with Crippen LogP contribution in [0.2, 0.25) is 5.28 Å². The summed E-state index contributed by atoms with van der Waals surface area (Å²) >= 11 is 5.94. The van der Waals surface area contributed by atoms with E-state index in [1.165, 1.54) is 12.8 Å². The highest BCUT2D eigenvalue weighted by Gasteiger charge is 2.41. The van der Waals surface area contributed by atoms with Gasteiger partial charge in [-0.05, 0) is 36.8 Å². The van der Waals surface area contributed by atoms with Gasteiger partial charge in [-0.3, -0.25) is 4.57 Å². The summed E-state index contributed by atoms with van der Waals surface area (Å²) in [5.74, 6) is 0.737. The standard InChI is InChI=1S/C9H12ClN3O/c10-9-12-11-5-13(9)7-3-4-14-8(7)6-1-2-6/h5-8H,1-4H2. The van der Waals surface area contributed by atoms with Gasteiger partial charge in [-0.15, -0.1) is 10.2 Å². The van der Waals surface area contributed by atoms with Crippen molar-refractivity contribution in [1.29, 1.82) is 0 Å². The highest BCUT2D eigenvalue weighted by molar-refractivity contribution is 6.28. The van der Waals surface area contributed by atoms with Gasteiger partial charge >= 0.3 is 0 Å². The van der Waals surface area contributed by atoms with Gasteiger partial charge in [0.15, 0.2) is 0 Å². The molecule has 2 aliphatic rings. The SMILES string of the molecule is Clc1nncn1C1CCOC1C1CC1. The van der Waals surface area contributed by atoms with Gasteiger partial charge in [0.05, 0.1) is 12.1 Å². The van der Waals surface area contributed by atoms with Gasteiger partial charge in [-0.2, -0.15) is 0 Å². The van der Waals surface area contributed by atoms with E-state index >= 15 is 0 Å². The minimum absolute atomic E-state index is 0.337. The Balaban J connectivity index is 1.86. The topological polar surface area (TPSA) is 39.9 Å². The van der Waals surface area contributed by atoms with Crippen LogP contribution in [0.4, 0.5) is 0 Å². The lowest BCUT2D eigenvalue weighted by Crippen LogP contribution is -2.21. The zero-order valence-corrected chi connectivity index (χ0v) is 8.52. The van der Waals surface area contributed by atoms with Crippen LogP contribution in [0.25, 0.3) is 0 Å². The number of hydrogen-bond acceptors (Lipinski definition) is 3. The number of halogens is 1. The van der Waals surface area contributed by atoms with Crippen molar-refractivity contribution in [2.45, 2.75) is 31.4 Å². The molecular formula is C9H12ClN3O. The van der Waals surface area contributed by atoms with Crippen molar-refractivity contribution in [1.82, 2.24) is 14.8 Å². The molecule has 14 heavy (non-hydrogen) atoms. The number of hydrogen-bond donors (Lipinski definition) is 0. The Morgan fingerprint density at radius 3 is 2.93 bits per heavy atom. The van der Waals surface area contributed by atoms with E-state index in [0.717, 1.165) is 18.9 Å². The Morgan fingerprint density at radius 2 is 2.29 bits per heavy atom. The molecule has 0 N–H and O–H groups in total. The van der Waals surface area contributed by atoms with E-state index in [4.69, 9.17) is 16.3 Å². The summed E-state index contributed by atoms with van der Waals surface area (Å²) in [7, 11) is 0. The summed E-state index contributed by atoms with van der Waals surface area (Å²) in [5, 5.41) is 8.08. The Kier molecular flexibility index (Phi) is 1.99. The monoisotopic (exact) mass is 213 g/mol. The van der Waals surface area contributed by atoms with Crippen LogP contribution in [0, 0.1) is 5.92 Å². The Bertz CT molecular complexity index is 337. The molecule has 1 aliphatic heterocycles.